The molecule has 3 aliphatic carbocycles. The molecule has 0 bridgehead atoms. The first-order valence-corrected chi connectivity index (χ1v) is 16.1. The average Bonchev–Trinajstić information content (AvgIpc) is 2.89. The van der Waals surface area contributed by atoms with Crippen LogP contribution in [0.4, 0.5) is 0 Å². The average molecular weight is 470 g/mol. The third-order valence-electron chi connectivity index (χ3n) is 10.7. The van der Waals surface area contributed by atoms with Gasteiger partial charge in [-0.25, -0.2) is 0 Å². The summed E-state index contributed by atoms with van der Waals surface area (Å²) in [5, 5.41) is 9.97. The summed E-state index contributed by atoms with van der Waals surface area (Å²) in [5.41, 5.74) is 0.0363. The number of unbranched alkanes of at least 4 members (excludes halogenated alkanes) is 8. The first kappa shape index (κ1) is 28.1. The second-order valence-electron chi connectivity index (χ2n) is 13.1. The quantitative estimate of drug-likeness (QED) is 0.232. The van der Waals surface area contributed by atoms with E-state index in [-0.39, 0.29) is 5.41 Å². The molecule has 0 aromatic heterocycles. The van der Waals surface area contributed by atoms with E-state index in [0.29, 0.717) is 0 Å². The van der Waals surface area contributed by atoms with Crippen LogP contribution < -0.4 is 0 Å². The van der Waals surface area contributed by atoms with Gasteiger partial charge < -0.3 is 0 Å². The zero-order chi connectivity index (χ0) is 24.1. The van der Waals surface area contributed by atoms with Crippen molar-refractivity contribution in [2.24, 2.45) is 35.0 Å². The van der Waals surface area contributed by atoms with Gasteiger partial charge in [0.25, 0.3) is 0 Å². The molecule has 0 atom stereocenters. The molecular weight excluding hydrogens is 410 g/mol. The Morgan fingerprint density at radius 2 is 1.00 bits per heavy atom. The van der Waals surface area contributed by atoms with Gasteiger partial charge in [-0.2, -0.15) is 5.26 Å². The monoisotopic (exact) mass is 469 g/mol. The lowest BCUT2D eigenvalue weighted by atomic mass is 9.62. The van der Waals surface area contributed by atoms with E-state index >= 15 is 0 Å². The van der Waals surface area contributed by atoms with Crippen LogP contribution in [0.25, 0.3) is 0 Å². The summed E-state index contributed by atoms with van der Waals surface area (Å²) >= 11 is 0. The van der Waals surface area contributed by atoms with E-state index in [4.69, 9.17) is 0 Å². The van der Waals surface area contributed by atoms with Crippen LogP contribution in [0.2, 0.25) is 0 Å². The highest BCUT2D eigenvalue weighted by atomic mass is 14.5. The molecule has 1 nitrogen and oxygen atoms in total. The maximum atomic E-state index is 9.97. The van der Waals surface area contributed by atoms with Crippen LogP contribution in [0, 0.1) is 46.3 Å². The van der Waals surface area contributed by atoms with E-state index in [1.165, 1.54) is 141 Å². The third-order valence-corrected chi connectivity index (χ3v) is 10.7. The van der Waals surface area contributed by atoms with Crippen LogP contribution in [-0.2, 0) is 0 Å². The molecule has 34 heavy (non-hydrogen) atoms. The van der Waals surface area contributed by atoms with Crippen LogP contribution in [-0.4, -0.2) is 0 Å². The molecule has 0 aromatic carbocycles. The van der Waals surface area contributed by atoms with Gasteiger partial charge in [0, 0.05) is 0 Å². The topological polar surface area (TPSA) is 23.8 Å². The molecule has 196 valence electrons. The highest BCUT2D eigenvalue weighted by Gasteiger charge is 2.39. The lowest BCUT2D eigenvalue weighted by Crippen LogP contribution is -2.32. The fraction of sp³-hybridized carbons (Fsp3) is 0.970. The van der Waals surface area contributed by atoms with Gasteiger partial charge in [-0.05, 0) is 100 Å². The van der Waals surface area contributed by atoms with Crippen molar-refractivity contribution in [3.05, 3.63) is 0 Å². The summed E-state index contributed by atoms with van der Waals surface area (Å²) < 4.78 is 0. The predicted molar refractivity (Wildman–Crippen MR) is 148 cm³/mol. The first-order valence-electron chi connectivity index (χ1n) is 16.1. The normalized spacial score (nSPS) is 34.6. The van der Waals surface area contributed by atoms with E-state index in [1.54, 1.807) is 12.8 Å². The molecule has 3 rings (SSSR count). The van der Waals surface area contributed by atoms with Crippen molar-refractivity contribution >= 4 is 0 Å². The minimum Gasteiger partial charge on any atom is -0.198 e. The van der Waals surface area contributed by atoms with E-state index in [1.807, 2.05) is 0 Å². The molecule has 0 radical (unpaired) electrons. The maximum absolute atomic E-state index is 9.97. The Morgan fingerprint density at radius 3 is 1.50 bits per heavy atom. The van der Waals surface area contributed by atoms with E-state index < -0.39 is 0 Å². The van der Waals surface area contributed by atoms with Crippen molar-refractivity contribution in [1.82, 2.24) is 0 Å². The molecule has 0 saturated heterocycles. The fourth-order valence-corrected chi connectivity index (χ4v) is 8.22. The summed E-state index contributed by atoms with van der Waals surface area (Å²) in [7, 11) is 0. The second kappa shape index (κ2) is 15.6. The molecule has 0 spiro atoms. The van der Waals surface area contributed by atoms with Gasteiger partial charge in [0.15, 0.2) is 0 Å². The molecular formula is C33H59N. The standard InChI is InChI=1S/C33H59N/c1-3-5-7-9-11-13-28-14-16-29(17-15-28)30-18-20-31(21-19-30)32-22-25-33(27-34,26-23-32)24-12-10-8-6-4-2/h28-32H,3-26H2,1-2H3. The number of rotatable bonds is 14. The molecule has 0 heterocycles. The first-order chi connectivity index (χ1) is 16.7. The van der Waals surface area contributed by atoms with Crippen molar-refractivity contribution in [3.63, 3.8) is 0 Å². The molecule has 0 aromatic rings. The Kier molecular flexibility index (Phi) is 12.9. The van der Waals surface area contributed by atoms with Crippen LogP contribution in [0.3, 0.4) is 0 Å². The Bertz CT molecular complexity index is 550. The summed E-state index contributed by atoms with van der Waals surface area (Å²) in [6.07, 6.45) is 33.9. The van der Waals surface area contributed by atoms with Gasteiger partial charge in [-0.15, -0.1) is 0 Å². The molecule has 3 saturated carbocycles. The van der Waals surface area contributed by atoms with Gasteiger partial charge in [-0.1, -0.05) is 97.3 Å². The minimum atomic E-state index is 0.0363. The van der Waals surface area contributed by atoms with Gasteiger partial charge in [0.2, 0.25) is 0 Å². The van der Waals surface area contributed by atoms with E-state index in [0.717, 1.165) is 29.6 Å². The van der Waals surface area contributed by atoms with Crippen molar-refractivity contribution in [1.29, 1.82) is 5.26 Å². The summed E-state index contributed by atoms with van der Waals surface area (Å²) in [5.74, 6) is 5.08. The molecule has 1 heteroatoms. The number of nitriles is 1. The zero-order valence-electron chi connectivity index (χ0n) is 23.3. The van der Waals surface area contributed by atoms with Crippen molar-refractivity contribution in [2.75, 3.05) is 0 Å². The van der Waals surface area contributed by atoms with Crippen LogP contribution >= 0.6 is 0 Å². The van der Waals surface area contributed by atoms with Gasteiger partial charge in [0.1, 0.15) is 0 Å². The molecule has 0 unspecified atom stereocenters. The minimum absolute atomic E-state index is 0.0363. The van der Waals surface area contributed by atoms with E-state index in [9.17, 15) is 5.26 Å². The Hall–Kier alpha value is -0.510. The molecule has 0 aliphatic heterocycles. The molecule has 0 N–H and O–H groups in total. The maximum Gasteiger partial charge on any atom is 0.0689 e. The molecule has 0 amide bonds. The Balaban J connectivity index is 1.29. The predicted octanol–water partition coefficient (Wildman–Crippen LogP) is 11.0. The van der Waals surface area contributed by atoms with Crippen LogP contribution in [0.5, 0.6) is 0 Å². The van der Waals surface area contributed by atoms with Crippen molar-refractivity contribution in [2.45, 2.75) is 168 Å². The lowest BCUT2D eigenvalue weighted by molar-refractivity contribution is 0.0897. The zero-order valence-corrected chi connectivity index (χ0v) is 23.3. The highest BCUT2D eigenvalue weighted by Crippen LogP contribution is 2.49. The lowest BCUT2D eigenvalue weighted by Gasteiger charge is -2.43. The summed E-state index contributed by atoms with van der Waals surface area (Å²) in [4.78, 5) is 0. The summed E-state index contributed by atoms with van der Waals surface area (Å²) in [6.45, 7) is 4.60. The Morgan fingerprint density at radius 1 is 0.559 bits per heavy atom. The van der Waals surface area contributed by atoms with Crippen LogP contribution in [0.15, 0.2) is 0 Å². The van der Waals surface area contributed by atoms with Crippen molar-refractivity contribution in [3.8, 4) is 6.07 Å². The SMILES string of the molecule is CCCCCCCC1CCC(C2CCC(C3CCC(C#N)(CCCCCCC)CC3)CC2)CC1. The second-order valence-corrected chi connectivity index (χ2v) is 13.1. The van der Waals surface area contributed by atoms with Gasteiger partial charge in [0.05, 0.1) is 11.5 Å². The van der Waals surface area contributed by atoms with Gasteiger partial charge in [-0.3, -0.25) is 0 Å². The molecule has 3 fully saturated rings. The Labute approximate surface area is 214 Å². The third kappa shape index (κ3) is 8.86. The fourth-order valence-electron chi connectivity index (χ4n) is 8.22. The highest BCUT2D eigenvalue weighted by molar-refractivity contribution is 5.02. The van der Waals surface area contributed by atoms with Gasteiger partial charge >= 0.3 is 0 Å². The smallest absolute Gasteiger partial charge is 0.0689 e. The molecule has 3 aliphatic rings. The number of nitrogens with zero attached hydrogens (tertiary/aromatic N) is 1. The summed E-state index contributed by atoms with van der Waals surface area (Å²) in [6, 6.07) is 2.81. The van der Waals surface area contributed by atoms with Crippen LogP contribution in [0.1, 0.15) is 168 Å². The number of hydrogen-bond acceptors (Lipinski definition) is 1. The van der Waals surface area contributed by atoms with E-state index in [2.05, 4.69) is 19.9 Å². The largest absolute Gasteiger partial charge is 0.198 e. The number of hydrogen-bond donors (Lipinski definition) is 0. The van der Waals surface area contributed by atoms with Crippen molar-refractivity contribution < 1.29 is 0 Å².